The summed E-state index contributed by atoms with van der Waals surface area (Å²) in [6, 6.07) is 0. The Labute approximate surface area is 41.5 Å². The van der Waals surface area contributed by atoms with Crippen LogP contribution in [0.15, 0.2) is 15.4 Å². The van der Waals surface area contributed by atoms with E-state index in [1.54, 1.807) is 0 Å². The topological polar surface area (TPSA) is 61.1 Å². The van der Waals surface area contributed by atoms with Crippen molar-refractivity contribution in [2.24, 2.45) is 15.4 Å². The van der Waals surface area contributed by atoms with Crippen LogP contribution < -0.4 is 11.1 Å². The summed E-state index contributed by atoms with van der Waals surface area (Å²) in [6.45, 7) is 3.11. The van der Waals surface area contributed by atoms with Crippen LogP contribution in [-0.4, -0.2) is 13.8 Å². The Morgan fingerprint density at radius 2 is 2.14 bits per heavy atom. The normalized spacial score (nSPS) is 8.71. The minimum Gasteiger partial charge on any atom is -0.204 e. The van der Waals surface area contributed by atoms with Gasteiger partial charge in [0.05, 0.1) is 7.05 Å². The zero-order valence-electron chi connectivity index (χ0n) is 4.05. The van der Waals surface area contributed by atoms with Crippen LogP contribution >= 0.6 is 0 Å². The van der Waals surface area contributed by atoms with Crippen molar-refractivity contribution < 1.29 is 0 Å². The molecule has 0 rings (SSSR count). The first kappa shape index (κ1) is 5.87. The molecule has 0 amide bonds. The van der Waals surface area contributed by atoms with Gasteiger partial charge in [-0.25, -0.2) is 5.53 Å². The van der Waals surface area contributed by atoms with Gasteiger partial charge in [0, 0.05) is 6.72 Å². The average molecular weight is 101 g/mol. The van der Waals surface area contributed by atoms with E-state index < -0.39 is 0 Å². The average Bonchev–Trinajstić information content (AvgIpc) is 1.69. The molecule has 0 aromatic rings. The highest BCUT2D eigenvalue weighted by Gasteiger charge is 1.58. The highest BCUT2D eigenvalue weighted by atomic mass is 15.7. The van der Waals surface area contributed by atoms with Gasteiger partial charge in [0.2, 0.25) is 0 Å². The molecule has 0 unspecified atom stereocenters. The summed E-state index contributed by atoms with van der Waals surface area (Å²) in [5.74, 6) is 0. The van der Waals surface area contributed by atoms with Gasteiger partial charge in [-0.15, -0.1) is 0 Å². The third kappa shape index (κ3) is 4.87. The molecule has 0 aliphatic rings. The molecule has 0 aliphatic heterocycles. The first-order valence-electron chi connectivity index (χ1n) is 1.66. The minimum absolute atomic E-state index is 1.54. The number of nitrogens with one attached hydrogen (secondary N) is 2. The number of nitrogens with zero attached hydrogens (tertiary/aromatic N) is 3. The Kier molecular flexibility index (Phi) is 4.08. The van der Waals surface area contributed by atoms with Crippen LogP contribution in [0.25, 0.3) is 0 Å². The second-order valence-corrected chi connectivity index (χ2v) is 0.682. The first-order valence-corrected chi connectivity index (χ1v) is 1.66. The molecule has 5 nitrogen and oxygen atoms in total. The second-order valence-electron chi connectivity index (χ2n) is 0.682. The van der Waals surface area contributed by atoms with E-state index in [0.29, 0.717) is 0 Å². The molecule has 0 saturated carbocycles. The van der Waals surface area contributed by atoms with E-state index in [1.165, 1.54) is 7.05 Å². The quantitative estimate of drug-likeness (QED) is 0.222. The van der Waals surface area contributed by atoms with Gasteiger partial charge in [0.15, 0.2) is 0 Å². The standard InChI is InChI=1S/C2H7N5/c1-3-5-7-6-4-2/h1H2,2H3,(H,4,7)(H,5,6). The molecule has 0 aliphatic carbocycles. The van der Waals surface area contributed by atoms with E-state index >= 15 is 0 Å². The van der Waals surface area contributed by atoms with Crippen molar-refractivity contribution in [3.8, 4) is 0 Å². The third-order valence-corrected chi connectivity index (χ3v) is 0.279. The van der Waals surface area contributed by atoms with Crippen molar-refractivity contribution in [3.05, 3.63) is 0 Å². The minimum atomic E-state index is 1.54. The lowest BCUT2D eigenvalue weighted by atomic mass is 11.6. The highest BCUT2D eigenvalue weighted by molar-refractivity contribution is 5.21. The first-order chi connectivity index (χ1) is 3.41. The van der Waals surface area contributed by atoms with Gasteiger partial charge >= 0.3 is 0 Å². The van der Waals surface area contributed by atoms with Gasteiger partial charge in [-0.2, -0.15) is 15.8 Å². The molecule has 0 atom stereocenters. The molecule has 0 radical (unpaired) electrons. The molecule has 7 heavy (non-hydrogen) atoms. The van der Waals surface area contributed by atoms with Crippen LogP contribution in [0.2, 0.25) is 0 Å². The summed E-state index contributed by atoms with van der Waals surface area (Å²) in [5, 5.41) is 9.84. The molecule has 2 N–H and O–H groups in total. The lowest BCUT2D eigenvalue weighted by molar-refractivity contribution is 0.559. The van der Waals surface area contributed by atoms with Crippen molar-refractivity contribution in [1.82, 2.24) is 11.1 Å². The highest BCUT2D eigenvalue weighted by Crippen LogP contribution is 1.53. The number of hydrazine groups is 1. The Morgan fingerprint density at radius 3 is 2.57 bits per heavy atom. The molecule has 0 bridgehead atoms. The second kappa shape index (κ2) is 4.87. The Bertz CT molecular complexity index is 66.5. The summed E-state index contributed by atoms with van der Waals surface area (Å²) >= 11 is 0. The van der Waals surface area contributed by atoms with Crippen LogP contribution in [0.3, 0.4) is 0 Å². The molecular weight excluding hydrogens is 94.1 g/mol. The van der Waals surface area contributed by atoms with Gasteiger partial charge in [0.1, 0.15) is 0 Å². The monoisotopic (exact) mass is 101 g/mol. The van der Waals surface area contributed by atoms with E-state index in [2.05, 4.69) is 33.2 Å². The molecule has 0 aromatic heterocycles. The molecule has 0 aromatic carbocycles. The lowest BCUT2D eigenvalue weighted by Gasteiger charge is -1.89. The SMILES string of the molecule is C=NNNN=NC. The Hall–Kier alpha value is -1.13. The van der Waals surface area contributed by atoms with Gasteiger partial charge < -0.3 is 0 Å². The van der Waals surface area contributed by atoms with E-state index in [4.69, 9.17) is 0 Å². The summed E-state index contributed by atoms with van der Waals surface area (Å²) in [7, 11) is 1.54. The summed E-state index contributed by atoms with van der Waals surface area (Å²) in [4.78, 5) is 0. The molecule has 0 heterocycles. The van der Waals surface area contributed by atoms with Crippen LogP contribution in [-0.2, 0) is 0 Å². The summed E-state index contributed by atoms with van der Waals surface area (Å²) in [5.41, 5.74) is 4.52. The molecule has 5 heteroatoms. The Morgan fingerprint density at radius 1 is 1.43 bits per heavy atom. The smallest absolute Gasteiger partial charge is 0.0509 e. The zero-order valence-corrected chi connectivity index (χ0v) is 4.05. The maximum atomic E-state index is 3.34. The zero-order chi connectivity index (χ0) is 5.54. The molecule has 0 spiro atoms. The fraction of sp³-hybridized carbons (Fsp3) is 0.500. The molecule has 40 valence electrons. The van der Waals surface area contributed by atoms with E-state index in [0.717, 1.165) is 0 Å². The van der Waals surface area contributed by atoms with Crippen LogP contribution in [0.4, 0.5) is 0 Å². The lowest BCUT2D eigenvalue weighted by Crippen LogP contribution is -2.18. The molecular formula is C2H7N5. The van der Waals surface area contributed by atoms with Crippen LogP contribution in [0.5, 0.6) is 0 Å². The molecule has 0 fully saturated rings. The largest absolute Gasteiger partial charge is 0.204 e. The van der Waals surface area contributed by atoms with Crippen LogP contribution in [0.1, 0.15) is 0 Å². The predicted octanol–water partition coefficient (Wildman–Crippen LogP) is -0.307. The number of hydrogen-bond acceptors (Lipinski definition) is 4. The van der Waals surface area contributed by atoms with Crippen molar-refractivity contribution in [2.45, 2.75) is 0 Å². The van der Waals surface area contributed by atoms with E-state index in [1.807, 2.05) is 0 Å². The van der Waals surface area contributed by atoms with Gasteiger partial charge in [0.25, 0.3) is 0 Å². The van der Waals surface area contributed by atoms with Crippen molar-refractivity contribution in [1.29, 1.82) is 0 Å². The fourth-order valence-corrected chi connectivity index (χ4v) is 0.108. The van der Waals surface area contributed by atoms with Gasteiger partial charge in [-0.05, 0) is 0 Å². The molecule has 0 saturated heterocycles. The summed E-state index contributed by atoms with van der Waals surface area (Å²) in [6.07, 6.45) is 0. The predicted molar refractivity (Wildman–Crippen MR) is 26.6 cm³/mol. The number of hydrazone groups is 1. The maximum Gasteiger partial charge on any atom is 0.0509 e. The van der Waals surface area contributed by atoms with Crippen molar-refractivity contribution in [2.75, 3.05) is 7.05 Å². The summed E-state index contributed by atoms with van der Waals surface area (Å²) < 4.78 is 0. The van der Waals surface area contributed by atoms with Crippen LogP contribution in [0, 0.1) is 0 Å². The van der Waals surface area contributed by atoms with Gasteiger partial charge in [-0.3, -0.25) is 0 Å². The number of hydrogen-bond donors (Lipinski definition) is 2. The van der Waals surface area contributed by atoms with Crippen molar-refractivity contribution >= 4 is 6.72 Å². The maximum absolute atomic E-state index is 3.34. The number of rotatable bonds is 3. The fourth-order valence-electron chi connectivity index (χ4n) is 0.108. The van der Waals surface area contributed by atoms with Crippen molar-refractivity contribution in [3.63, 3.8) is 0 Å². The third-order valence-electron chi connectivity index (χ3n) is 0.279. The van der Waals surface area contributed by atoms with E-state index in [-0.39, 0.29) is 0 Å². The van der Waals surface area contributed by atoms with E-state index in [9.17, 15) is 0 Å². The van der Waals surface area contributed by atoms with Gasteiger partial charge in [-0.1, -0.05) is 5.22 Å². The Balaban J connectivity index is 2.82.